The summed E-state index contributed by atoms with van der Waals surface area (Å²) in [6, 6.07) is 22.5. The Morgan fingerprint density at radius 1 is 1.03 bits per heavy atom. The Morgan fingerprint density at radius 3 is 2.62 bits per heavy atom. The Labute approximate surface area is 190 Å². The summed E-state index contributed by atoms with van der Waals surface area (Å²) in [5, 5.41) is 11.8. The van der Waals surface area contributed by atoms with Gasteiger partial charge in [0.1, 0.15) is 11.8 Å². The van der Waals surface area contributed by atoms with Crippen molar-refractivity contribution in [3.8, 4) is 5.75 Å². The third-order valence-corrected chi connectivity index (χ3v) is 6.98. The first-order chi connectivity index (χ1) is 15.5. The Morgan fingerprint density at radius 2 is 1.81 bits per heavy atom. The van der Waals surface area contributed by atoms with Gasteiger partial charge >= 0.3 is 0 Å². The summed E-state index contributed by atoms with van der Waals surface area (Å²) < 4.78 is 0. The van der Waals surface area contributed by atoms with E-state index in [1.165, 1.54) is 0 Å². The largest absolute Gasteiger partial charge is 0.508 e. The number of carbonyl (C=O) groups excluding carboxylic acids is 1. The molecule has 0 radical (unpaired) electrons. The predicted octanol–water partition coefficient (Wildman–Crippen LogP) is 4.83. The van der Waals surface area contributed by atoms with Gasteiger partial charge in [-0.2, -0.15) is 0 Å². The number of H-pyrrole nitrogens is 1. The van der Waals surface area contributed by atoms with Crippen LogP contribution in [0.2, 0.25) is 0 Å². The minimum atomic E-state index is -0.402. The quantitative estimate of drug-likeness (QED) is 0.439. The molecule has 3 aromatic carbocycles. The molecule has 0 spiro atoms. The molecule has 1 saturated heterocycles. The third-order valence-electron chi connectivity index (χ3n) is 6.59. The van der Waals surface area contributed by atoms with E-state index in [0.717, 1.165) is 39.0 Å². The van der Waals surface area contributed by atoms with E-state index < -0.39 is 6.04 Å². The first-order valence-electron chi connectivity index (χ1n) is 10.6. The van der Waals surface area contributed by atoms with Crippen molar-refractivity contribution in [2.24, 2.45) is 0 Å². The van der Waals surface area contributed by atoms with Gasteiger partial charge in [0.2, 0.25) is 0 Å². The fraction of sp³-hybridized carbons (Fsp3) is 0.154. The maximum Gasteiger partial charge on any atom is 0.256 e. The molecule has 2 aliphatic heterocycles. The Kier molecular flexibility index (Phi) is 4.13. The smallest absolute Gasteiger partial charge is 0.256 e. The van der Waals surface area contributed by atoms with E-state index in [-0.39, 0.29) is 17.7 Å². The van der Waals surface area contributed by atoms with E-state index in [9.17, 15) is 9.90 Å². The molecule has 2 aliphatic rings. The van der Waals surface area contributed by atoms with Crippen LogP contribution in [-0.2, 0) is 11.2 Å². The zero-order valence-electron chi connectivity index (χ0n) is 17.4. The second-order valence-corrected chi connectivity index (χ2v) is 8.80. The van der Waals surface area contributed by atoms with Gasteiger partial charge in [0.05, 0.1) is 11.7 Å². The van der Waals surface area contributed by atoms with Crippen molar-refractivity contribution in [3.05, 3.63) is 95.2 Å². The highest BCUT2D eigenvalue weighted by Crippen LogP contribution is 2.45. The van der Waals surface area contributed by atoms with Crippen molar-refractivity contribution in [1.82, 2.24) is 9.88 Å². The van der Waals surface area contributed by atoms with Crippen molar-refractivity contribution in [2.75, 3.05) is 4.90 Å². The van der Waals surface area contributed by atoms with Crippen molar-refractivity contribution < 1.29 is 9.90 Å². The number of thiocarbonyl (C=S) groups is 1. The fourth-order valence-electron chi connectivity index (χ4n) is 5.15. The summed E-state index contributed by atoms with van der Waals surface area (Å²) in [5.74, 6) is 0.180. The number of hydrogen-bond donors (Lipinski definition) is 2. The highest BCUT2D eigenvalue weighted by atomic mass is 32.1. The Bertz CT molecular complexity index is 1410. The van der Waals surface area contributed by atoms with Gasteiger partial charge < -0.3 is 15.0 Å². The second-order valence-electron chi connectivity index (χ2n) is 8.43. The predicted molar refractivity (Wildman–Crippen MR) is 129 cm³/mol. The van der Waals surface area contributed by atoms with Crippen LogP contribution >= 0.6 is 12.2 Å². The van der Waals surface area contributed by atoms with Gasteiger partial charge in [-0.1, -0.05) is 48.5 Å². The maximum atomic E-state index is 13.8. The van der Waals surface area contributed by atoms with Crippen LogP contribution in [-0.4, -0.2) is 32.1 Å². The number of fused-ring (bicyclic) bond motifs is 4. The molecule has 1 amide bonds. The summed E-state index contributed by atoms with van der Waals surface area (Å²) in [7, 11) is 0. The number of aromatic nitrogens is 1. The second kappa shape index (κ2) is 6.93. The lowest BCUT2D eigenvalue weighted by Crippen LogP contribution is -2.44. The molecule has 2 unspecified atom stereocenters. The highest BCUT2D eigenvalue weighted by Gasteiger charge is 2.51. The third kappa shape index (κ3) is 2.63. The van der Waals surface area contributed by atoms with Gasteiger partial charge in [-0.05, 0) is 60.1 Å². The number of aromatic amines is 1. The molecule has 6 rings (SSSR count). The first-order valence-corrected chi connectivity index (χ1v) is 11.1. The van der Waals surface area contributed by atoms with Crippen LogP contribution < -0.4 is 4.90 Å². The van der Waals surface area contributed by atoms with E-state index in [2.05, 4.69) is 17.1 Å². The lowest BCUT2D eigenvalue weighted by atomic mass is 9.89. The number of nitrogens with zero attached hydrogens (tertiary/aromatic N) is 2. The molecule has 2 atom stereocenters. The monoisotopic (exact) mass is 439 g/mol. The molecule has 2 N–H and O–H groups in total. The van der Waals surface area contributed by atoms with Crippen LogP contribution in [0.5, 0.6) is 5.75 Å². The lowest BCUT2D eigenvalue weighted by Gasteiger charge is -2.37. The zero-order valence-corrected chi connectivity index (χ0v) is 18.3. The average Bonchev–Trinajstić information content (AvgIpc) is 3.28. The molecule has 0 saturated carbocycles. The molecular weight excluding hydrogens is 418 g/mol. The van der Waals surface area contributed by atoms with Crippen LogP contribution in [0.4, 0.5) is 5.69 Å². The van der Waals surface area contributed by atoms with E-state index in [0.29, 0.717) is 11.5 Å². The molecule has 0 aliphatic carbocycles. The normalized spacial score (nSPS) is 20.0. The Balaban J connectivity index is 1.57. The van der Waals surface area contributed by atoms with E-state index in [4.69, 9.17) is 12.2 Å². The van der Waals surface area contributed by atoms with Gasteiger partial charge in [-0.25, -0.2) is 0 Å². The number of hydrogen-bond acceptors (Lipinski definition) is 3. The molecule has 1 fully saturated rings. The molecule has 158 valence electrons. The molecular formula is C26H21N3O2S. The number of nitrogens with one attached hydrogen (secondary N) is 1. The van der Waals surface area contributed by atoms with Gasteiger partial charge in [0, 0.05) is 23.0 Å². The van der Waals surface area contributed by atoms with E-state index >= 15 is 0 Å². The summed E-state index contributed by atoms with van der Waals surface area (Å²) in [5.41, 5.74) is 5.91. The summed E-state index contributed by atoms with van der Waals surface area (Å²) in [6.07, 6.45) is 0.579. The van der Waals surface area contributed by atoms with Gasteiger partial charge in [0.25, 0.3) is 5.91 Å². The number of phenolic OH excluding ortho intramolecular Hbond substituents is 1. The maximum absolute atomic E-state index is 13.8. The zero-order chi connectivity index (χ0) is 22.0. The molecule has 0 bridgehead atoms. The number of anilines is 1. The number of amides is 1. The number of phenols is 1. The van der Waals surface area contributed by atoms with Gasteiger partial charge in [-0.15, -0.1) is 0 Å². The standard InChI is InChI=1S/C26H21N3O2S/c1-15-7-2-5-12-21(15)29-25(31)22-14-19-18-10-3-4-11-20(18)27-23(19)24(28(22)26(29)32)16-8-6-9-17(30)13-16/h2-13,22,24,27,30H,14H2,1H3. The lowest BCUT2D eigenvalue weighted by molar-refractivity contribution is -0.120. The minimum absolute atomic E-state index is 0.00890. The number of para-hydroxylation sites is 2. The topological polar surface area (TPSA) is 59.6 Å². The Hall–Kier alpha value is -3.64. The molecule has 4 aromatic rings. The van der Waals surface area contributed by atoms with Crippen LogP contribution in [0.25, 0.3) is 10.9 Å². The van der Waals surface area contributed by atoms with Gasteiger partial charge in [-0.3, -0.25) is 9.69 Å². The van der Waals surface area contributed by atoms with Crippen LogP contribution in [0.3, 0.4) is 0 Å². The molecule has 32 heavy (non-hydrogen) atoms. The SMILES string of the molecule is Cc1ccccc1N1C(=O)C2Cc3c([nH]c4ccccc34)C(c3cccc(O)c3)N2C1=S. The average molecular weight is 440 g/mol. The molecule has 1 aromatic heterocycles. The van der Waals surface area contributed by atoms with Crippen molar-refractivity contribution in [3.63, 3.8) is 0 Å². The number of rotatable bonds is 2. The number of benzene rings is 3. The van der Waals surface area contributed by atoms with Crippen LogP contribution in [0, 0.1) is 6.92 Å². The van der Waals surface area contributed by atoms with E-state index in [1.54, 1.807) is 17.0 Å². The minimum Gasteiger partial charge on any atom is -0.508 e. The van der Waals surface area contributed by atoms with Crippen LogP contribution in [0.1, 0.15) is 28.4 Å². The van der Waals surface area contributed by atoms with E-state index in [1.807, 2.05) is 60.4 Å². The van der Waals surface area contributed by atoms with Gasteiger partial charge in [0.15, 0.2) is 5.11 Å². The van der Waals surface area contributed by atoms with Crippen molar-refractivity contribution in [1.29, 1.82) is 0 Å². The number of carbonyl (C=O) groups is 1. The summed E-state index contributed by atoms with van der Waals surface area (Å²) in [6.45, 7) is 1.99. The number of aryl methyl sites for hydroxylation is 1. The molecule has 6 heteroatoms. The molecule has 5 nitrogen and oxygen atoms in total. The van der Waals surface area contributed by atoms with Crippen molar-refractivity contribution in [2.45, 2.75) is 25.4 Å². The first kappa shape index (κ1) is 19.1. The summed E-state index contributed by atoms with van der Waals surface area (Å²) in [4.78, 5) is 21.1. The van der Waals surface area contributed by atoms with Crippen molar-refractivity contribution >= 4 is 39.8 Å². The highest BCUT2D eigenvalue weighted by molar-refractivity contribution is 7.80. The fourth-order valence-corrected chi connectivity index (χ4v) is 5.57. The number of aromatic hydroxyl groups is 1. The molecule has 3 heterocycles. The summed E-state index contributed by atoms with van der Waals surface area (Å²) >= 11 is 5.93. The van der Waals surface area contributed by atoms with Crippen LogP contribution in [0.15, 0.2) is 72.8 Å².